The number of hydrogen-bond donors (Lipinski definition) is 0. The minimum atomic E-state index is -0.376. The molecule has 1 fully saturated rings. The summed E-state index contributed by atoms with van der Waals surface area (Å²) in [7, 11) is 0. The summed E-state index contributed by atoms with van der Waals surface area (Å²) in [5.41, 5.74) is 1.05. The van der Waals surface area contributed by atoms with E-state index >= 15 is 0 Å². The molecule has 1 aliphatic rings. The molecule has 1 aliphatic heterocycles. The molecule has 0 unspecified atom stereocenters. The van der Waals surface area contributed by atoms with E-state index in [4.69, 9.17) is 0 Å². The number of piperazine rings is 1. The van der Waals surface area contributed by atoms with Crippen LogP contribution in [0.4, 0.5) is 16.0 Å². The lowest BCUT2D eigenvalue weighted by Crippen LogP contribution is -2.47. The lowest BCUT2D eigenvalue weighted by Gasteiger charge is -2.36. The second-order valence-electron chi connectivity index (χ2n) is 4.70. The Morgan fingerprint density at radius 1 is 0.900 bits per heavy atom. The third kappa shape index (κ3) is 2.38. The Hall–Kier alpha value is -2.31. The van der Waals surface area contributed by atoms with Crippen LogP contribution in [0.15, 0.2) is 25.0 Å². The lowest BCUT2D eigenvalue weighted by atomic mass is 10.2. The maximum atomic E-state index is 13.7. The van der Waals surface area contributed by atoms with Crippen LogP contribution in [0.2, 0.25) is 0 Å². The summed E-state index contributed by atoms with van der Waals surface area (Å²) in [6, 6.07) is 0. The van der Waals surface area contributed by atoms with Crippen molar-refractivity contribution in [2.24, 2.45) is 0 Å². The van der Waals surface area contributed by atoms with Crippen molar-refractivity contribution in [2.45, 2.75) is 6.92 Å². The van der Waals surface area contributed by atoms with Gasteiger partial charge in [-0.3, -0.25) is 0 Å². The highest BCUT2D eigenvalue weighted by Crippen LogP contribution is 2.20. The number of anilines is 2. The highest BCUT2D eigenvalue weighted by atomic mass is 19.1. The SMILES string of the molecule is Cc1cncnc1N1CCN(c2ncncc2F)CC1. The van der Waals surface area contributed by atoms with Crippen LogP contribution < -0.4 is 9.80 Å². The maximum Gasteiger partial charge on any atom is 0.183 e. The molecule has 20 heavy (non-hydrogen) atoms. The van der Waals surface area contributed by atoms with Crippen LogP contribution in [-0.2, 0) is 0 Å². The van der Waals surface area contributed by atoms with Crippen LogP contribution >= 0.6 is 0 Å². The van der Waals surface area contributed by atoms with E-state index in [0.29, 0.717) is 18.9 Å². The summed E-state index contributed by atoms with van der Waals surface area (Å²) in [6.07, 6.45) is 5.93. The van der Waals surface area contributed by atoms with Crippen LogP contribution in [0.1, 0.15) is 5.56 Å². The van der Waals surface area contributed by atoms with Crippen molar-refractivity contribution < 1.29 is 4.39 Å². The van der Waals surface area contributed by atoms with Crippen molar-refractivity contribution in [2.75, 3.05) is 36.0 Å². The van der Waals surface area contributed by atoms with E-state index < -0.39 is 0 Å². The van der Waals surface area contributed by atoms with Gasteiger partial charge in [0.1, 0.15) is 18.5 Å². The quantitative estimate of drug-likeness (QED) is 0.815. The molecule has 0 N–H and O–H groups in total. The molecule has 7 heteroatoms. The predicted molar refractivity (Wildman–Crippen MR) is 73.2 cm³/mol. The van der Waals surface area contributed by atoms with Crippen molar-refractivity contribution in [1.82, 2.24) is 19.9 Å². The van der Waals surface area contributed by atoms with Crippen molar-refractivity contribution in [3.63, 3.8) is 0 Å². The van der Waals surface area contributed by atoms with E-state index in [9.17, 15) is 4.39 Å². The summed E-state index contributed by atoms with van der Waals surface area (Å²) in [5, 5.41) is 0. The van der Waals surface area contributed by atoms with Gasteiger partial charge in [-0.25, -0.2) is 24.3 Å². The van der Waals surface area contributed by atoms with Gasteiger partial charge in [-0.15, -0.1) is 0 Å². The van der Waals surface area contributed by atoms with Crippen LogP contribution in [-0.4, -0.2) is 46.1 Å². The molecule has 1 saturated heterocycles. The van der Waals surface area contributed by atoms with Crippen molar-refractivity contribution in [1.29, 1.82) is 0 Å². The fraction of sp³-hybridized carbons (Fsp3) is 0.385. The zero-order chi connectivity index (χ0) is 13.9. The molecule has 3 heterocycles. The number of rotatable bonds is 2. The number of nitrogens with zero attached hydrogens (tertiary/aromatic N) is 6. The standard InChI is InChI=1S/C13H15FN6/c1-10-6-15-8-17-12(10)19-2-4-20(5-3-19)13-11(14)7-16-9-18-13/h6-9H,2-5H2,1H3. The first-order valence-electron chi connectivity index (χ1n) is 6.47. The van der Waals surface area contributed by atoms with Gasteiger partial charge in [0.05, 0.1) is 6.20 Å². The lowest BCUT2D eigenvalue weighted by molar-refractivity contribution is 0.580. The fourth-order valence-corrected chi connectivity index (χ4v) is 2.39. The van der Waals surface area contributed by atoms with E-state index in [1.165, 1.54) is 12.5 Å². The van der Waals surface area contributed by atoms with Gasteiger partial charge in [0, 0.05) is 37.9 Å². The minimum absolute atomic E-state index is 0.374. The first kappa shape index (κ1) is 12.7. The summed E-state index contributed by atoms with van der Waals surface area (Å²) < 4.78 is 13.7. The Kier molecular flexibility index (Phi) is 3.41. The largest absolute Gasteiger partial charge is 0.353 e. The molecule has 0 amide bonds. The van der Waals surface area contributed by atoms with E-state index in [0.717, 1.165) is 24.5 Å². The predicted octanol–water partition coefficient (Wildman–Crippen LogP) is 1.04. The van der Waals surface area contributed by atoms with Crippen molar-refractivity contribution >= 4 is 11.6 Å². The molecule has 0 spiro atoms. The summed E-state index contributed by atoms with van der Waals surface area (Å²) in [6.45, 7) is 4.96. The zero-order valence-corrected chi connectivity index (χ0v) is 11.2. The number of hydrogen-bond acceptors (Lipinski definition) is 6. The van der Waals surface area contributed by atoms with E-state index in [-0.39, 0.29) is 5.82 Å². The van der Waals surface area contributed by atoms with E-state index in [2.05, 4.69) is 24.8 Å². The third-order valence-electron chi connectivity index (χ3n) is 3.39. The van der Waals surface area contributed by atoms with Crippen molar-refractivity contribution in [3.8, 4) is 0 Å². The zero-order valence-electron chi connectivity index (χ0n) is 11.2. The van der Waals surface area contributed by atoms with Crippen LogP contribution in [0.5, 0.6) is 0 Å². The number of aromatic nitrogens is 4. The molecule has 0 radical (unpaired) electrons. The Bertz CT molecular complexity index is 543. The monoisotopic (exact) mass is 274 g/mol. The van der Waals surface area contributed by atoms with Gasteiger partial charge in [0.2, 0.25) is 0 Å². The second-order valence-corrected chi connectivity index (χ2v) is 4.70. The Balaban J connectivity index is 1.72. The molecule has 104 valence electrons. The average Bonchev–Trinajstić information content (AvgIpc) is 2.49. The highest BCUT2D eigenvalue weighted by Gasteiger charge is 2.22. The molecule has 0 saturated carbocycles. The van der Waals surface area contributed by atoms with E-state index in [1.807, 2.05) is 11.8 Å². The first-order valence-corrected chi connectivity index (χ1v) is 6.47. The normalized spacial score (nSPS) is 15.5. The molecule has 2 aromatic rings. The topological polar surface area (TPSA) is 58.0 Å². The Morgan fingerprint density at radius 2 is 1.45 bits per heavy atom. The van der Waals surface area contributed by atoms with Gasteiger partial charge in [-0.05, 0) is 6.92 Å². The number of aryl methyl sites for hydroxylation is 1. The molecule has 0 bridgehead atoms. The first-order chi connectivity index (χ1) is 9.75. The van der Waals surface area contributed by atoms with Crippen LogP contribution in [0.25, 0.3) is 0 Å². The third-order valence-corrected chi connectivity index (χ3v) is 3.39. The van der Waals surface area contributed by atoms with Gasteiger partial charge in [-0.1, -0.05) is 0 Å². The molecule has 0 aliphatic carbocycles. The molecule has 0 atom stereocenters. The molecule has 6 nitrogen and oxygen atoms in total. The highest BCUT2D eigenvalue weighted by molar-refractivity contribution is 5.48. The maximum absolute atomic E-state index is 13.7. The molecular weight excluding hydrogens is 259 g/mol. The second kappa shape index (κ2) is 5.36. The molecule has 0 aromatic carbocycles. The molecule has 2 aromatic heterocycles. The van der Waals surface area contributed by atoms with Gasteiger partial charge < -0.3 is 9.80 Å². The van der Waals surface area contributed by atoms with E-state index in [1.54, 1.807) is 12.5 Å². The molecule has 3 rings (SSSR count). The van der Waals surface area contributed by atoms with Gasteiger partial charge in [0.25, 0.3) is 0 Å². The number of halogens is 1. The van der Waals surface area contributed by atoms with Crippen LogP contribution in [0, 0.1) is 12.7 Å². The van der Waals surface area contributed by atoms with Gasteiger partial charge >= 0.3 is 0 Å². The van der Waals surface area contributed by atoms with Gasteiger partial charge in [-0.2, -0.15) is 0 Å². The Morgan fingerprint density at radius 3 is 2.05 bits per heavy atom. The Labute approximate surface area is 116 Å². The summed E-state index contributed by atoms with van der Waals surface area (Å²) in [5.74, 6) is 0.945. The minimum Gasteiger partial charge on any atom is -0.353 e. The molecular formula is C13H15FN6. The summed E-state index contributed by atoms with van der Waals surface area (Å²) in [4.78, 5) is 20.1. The van der Waals surface area contributed by atoms with Crippen molar-refractivity contribution in [3.05, 3.63) is 36.4 Å². The van der Waals surface area contributed by atoms with Gasteiger partial charge in [0.15, 0.2) is 11.6 Å². The average molecular weight is 274 g/mol. The van der Waals surface area contributed by atoms with Crippen LogP contribution in [0.3, 0.4) is 0 Å². The smallest absolute Gasteiger partial charge is 0.183 e. The summed E-state index contributed by atoms with van der Waals surface area (Å²) >= 11 is 0. The fourth-order valence-electron chi connectivity index (χ4n) is 2.39.